The topological polar surface area (TPSA) is 105 Å². The molecular weight excluding hydrogens is 402 g/mol. The number of esters is 1. The highest BCUT2D eigenvalue weighted by Gasteiger charge is 2.70. The number of rotatable bonds is 5. The van der Waals surface area contributed by atoms with Gasteiger partial charge in [-0.2, -0.15) is 0 Å². The van der Waals surface area contributed by atoms with Gasteiger partial charge in [0, 0.05) is 18.8 Å². The van der Waals surface area contributed by atoms with Crippen LogP contribution in [0.15, 0.2) is 24.3 Å². The van der Waals surface area contributed by atoms with Crippen molar-refractivity contribution in [2.45, 2.75) is 37.9 Å². The fourth-order valence-corrected chi connectivity index (χ4v) is 5.46. The largest absolute Gasteiger partial charge is 0.497 e. The number of fused-ring (bicyclic) bond motifs is 1. The number of carbonyl (C=O) groups excluding carboxylic acids is 4. The number of nitrogens with zero attached hydrogens (tertiary/aromatic N) is 2. The molecule has 9 heteroatoms. The van der Waals surface area contributed by atoms with Gasteiger partial charge in [0.25, 0.3) is 0 Å². The highest BCUT2D eigenvalue weighted by atomic mass is 16.5. The average molecular weight is 429 g/mol. The van der Waals surface area contributed by atoms with E-state index >= 15 is 0 Å². The molecule has 0 aliphatic carbocycles. The molecule has 1 aromatic carbocycles. The molecule has 1 N–H and O–H groups in total. The van der Waals surface area contributed by atoms with E-state index in [1.54, 1.807) is 43.2 Å². The molecule has 0 aromatic heterocycles. The van der Waals surface area contributed by atoms with Crippen molar-refractivity contribution in [3.05, 3.63) is 24.3 Å². The summed E-state index contributed by atoms with van der Waals surface area (Å²) >= 11 is 0. The molecule has 3 amide bonds. The van der Waals surface area contributed by atoms with Gasteiger partial charge in [0.1, 0.15) is 11.3 Å². The molecule has 4 rings (SSSR count). The van der Waals surface area contributed by atoms with Crippen LogP contribution >= 0.6 is 0 Å². The van der Waals surface area contributed by atoms with E-state index in [2.05, 4.69) is 5.32 Å². The van der Waals surface area contributed by atoms with Crippen LogP contribution in [0.1, 0.15) is 20.3 Å². The van der Waals surface area contributed by atoms with E-state index in [-0.39, 0.29) is 23.8 Å². The number of nitrogens with one attached hydrogen (secondary N) is 1. The number of β-lactam (4-membered cyclic amide) rings is 1. The summed E-state index contributed by atoms with van der Waals surface area (Å²) in [4.78, 5) is 54.4. The molecule has 1 aromatic rings. The third-order valence-corrected chi connectivity index (χ3v) is 7.08. The second kappa shape index (κ2) is 7.33. The summed E-state index contributed by atoms with van der Waals surface area (Å²) < 4.78 is 10.2. The SMILES string of the molecule is CC[C@H]1C(=O)N(c2ccc(OC)cc2)[C@H]1[C@@H]1N[C@](C)(C(=O)OC)[C@@H]2C(=O)N(C)C(=O)[C@H]12. The number of hydrogen-bond donors (Lipinski definition) is 1. The Morgan fingerprint density at radius 1 is 1.10 bits per heavy atom. The first-order valence-corrected chi connectivity index (χ1v) is 10.4. The number of imide groups is 1. The highest BCUT2D eigenvalue weighted by Crippen LogP contribution is 2.48. The normalized spacial score (nSPS) is 34.6. The lowest BCUT2D eigenvalue weighted by Gasteiger charge is -2.51. The number of hydrogen-bond acceptors (Lipinski definition) is 7. The summed E-state index contributed by atoms with van der Waals surface area (Å²) in [7, 11) is 4.26. The molecule has 6 atom stereocenters. The Bertz CT molecular complexity index is 947. The minimum Gasteiger partial charge on any atom is -0.497 e. The van der Waals surface area contributed by atoms with Crippen LogP contribution in [0.2, 0.25) is 0 Å². The summed E-state index contributed by atoms with van der Waals surface area (Å²) in [6.45, 7) is 3.51. The maximum atomic E-state index is 13.0. The highest BCUT2D eigenvalue weighted by molar-refractivity contribution is 6.10. The first kappa shape index (κ1) is 21.3. The molecule has 9 nitrogen and oxygen atoms in total. The zero-order valence-corrected chi connectivity index (χ0v) is 18.2. The summed E-state index contributed by atoms with van der Waals surface area (Å²) in [5.41, 5.74) is -0.681. The van der Waals surface area contributed by atoms with Crippen molar-refractivity contribution >= 4 is 29.4 Å². The van der Waals surface area contributed by atoms with E-state index < -0.39 is 35.3 Å². The standard InChI is InChI=1S/C22H27N3O6/c1-6-13-17(25(18(13)26)11-7-9-12(30-4)10-8-11)16-14-15(20(28)24(3)19(14)27)22(2,23-16)21(29)31-5/h7-10,13-17,23H,6H2,1-5H3/t13-,14+,15+,16-,17-,22+/m1/s1. The van der Waals surface area contributed by atoms with Gasteiger partial charge in [-0.15, -0.1) is 0 Å². The molecule has 3 aliphatic rings. The molecule has 0 unspecified atom stereocenters. The van der Waals surface area contributed by atoms with E-state index in [0.29, 0.717) is 17.9 Å². The molecule has 3 aliphatic heterocycles. The number of likely N-dealkylation sites (tertiary alicyclic amines) is 1. The first-order valence-electron chi connectivity index (χ1n) is 10.4. The third-order valence-electron chi connectivity index (χ3n) is 7.08. The van der Waals surface area contributed by atoms with Crippen LogP contribution in [0.4, 0.5) is 5.69 Å². The predicted molar refractivity (Wildman–Crippen MR) is 110 cm³/mol. The van der Waals surface area contributed by atoms with E-state index in [1.807, 2.05) is 6.92 Å². The maximum Gasteiger partial charge on any atom is 0.326 e. The van der Waals surface area contributed by atoms with Crippen LogP contribution < -0.4 is 15.0 Å². The lowest BCUT2D eigenvalue weighted by atomic mass is 9.74. The van der Waals surface area contributed by atoms with E-state index in [0.717, 1.165) is 4.90 Å². The van der Waals surface area contributed by atoms with Gasteiger partial charge in [-0.1, -0.05) is 6.92 Å². The van der Waals surface area contributed by atoms with Gasteiger partial charge in [-0.05, 0) is 37.6 Å². The molecule has 3 fully saturated rings. The fourth-order valence-electron chi connectivity index (χ4n) is 5.46. The Morgan fingerprint density at radius 2 is 1.74 bits per heavy atom. The van der Waals surface area contributed by atoms with Gasteiger partial charge < -0.3 is 14.4 Å². The van der Waals surface area contributed by atoms with Crippen LogP contribution in [0, 0.1) is 17.8 Å². The van der Waals surface area contributed by atoms with Crippen molar-refractivity contribution in [1.29, 1.82) is 0 Å². The molecule has 166 valence electrons. The molecular formula is C22H27N3O6. The Hall–Kier alpha value is -2.94. The minimum atomic E-state index is -1.36. The van der Waals surface area contributed by atoms with E-state index in [9.17, 15) is 19.2 Å². The Morgan fingerprint density at radius 3 is 2.29 bits per heavy atom. The molecule has 3 saturated heterocycles. The summed E-state index contributed by atoms with van der Waals surface area (Å²) in [5.74, 6) is -2.70. The van der Waals surface area contributed by atoms with Gasteiger partial charge >= 0.3 is 5.97 Å². The Balaban J connectivity index is 1.76. The van der Waals surface area contributed by atoms with Gasteiger partial charge in [0.2, 0.25) is 17.7 Å². The smallest absolute Gasteiger partial charge is 0.326 e. The monoisotopic (exact) mass is 429 g/mol. The molecule has 3 heterocycles. The van der Waals surface area contributed by atoms with Crippen molar-refractivity contribution in [1.82, 2.24) is 10.2 Å². The number of anilines is 1. The third kappa shape index (κ3) is 2.79. The van der Waals surface area contributed by atoms with Crippen molar-refractivity contribution in [3.63, 3.8) is 0 Å². The van der Waals surface area contributed by atoms with Crippen LogP contribution in [-0.4, -0.2) is 67.5 Å². The summed E-state index contributed by atoms with van der Waals surface area (Å²) in [6.07, 6.45) is 0.582. The lowest BCUT2D eigenvalue weighted by molar-refractivity contribution is -0.153. The van der Waals surface area contributed by atoms with Gasteiger partial charge in [-0.3, -0.25) is 29.4 Å². The molecule has 0 spiro atoms. The quantitative estimate of drug-likeness (QED) is 0.414. The lowest BCUT2D eigenvalue weighted by Crippen LogP contribution is -2.70. The predicted octanol–water partition coefficient (Wildman–Crippen LogP) is 0.571. The number of carbonyl (C=O) groups is 4. The second-order valence-corrected chi connectivity index (χ2v) is 8.51. The number of benzene rings is 1. The van der Waals surface area contributed by atoms with Crippen LogP contribution in [-0.2, 0) is 23.9 Å². The molecule has 31 heavy (non-hydrogen) atoms. The fraction of sp³-hybridized carbons (Fsp3) is 0.545. The second-order valence-electron chi connectivity index (χ2n) is 8.51. The molecule has 0 bridgehead atoms. The maximum absolute atomic E-state index is 13.0. The summed E-state index contributed by atoms with van der Waals surface area (Å²) in [6, 6.07) is 6.15. The Labute approximate surface area is 180 Å². The number of amides is 3. The first-order chi connectivity index (χ1) is 14.7. The molecule has 0 saturated carbocycles. The van der Waals surface area contributed by atoms with Crippen molar-refractivity contribution in [2.75, 3.05) is 26.2 Å². The van der Waals surface area contributed by atoms with E-state index in [4.69, 9.17) is 9.47 Å². The summed E-state index contributed by atoms with van der Waals surface area (Å²) in [5, 5.41) is 3.25. The van der Waals surface area contributed by atoms with Crippen molar-refractivity contribution in [3.8, 4) is 5.75 Å². The number of ether oxygens (including phenoxy) is 2. The van der Waals surface area contributed by atoms with Crippen LogP contribution in [0.25, 0.3) is 0 Å². The van der Waals surface area contributed by atoms with Gasteiger partial charge in [0.15, 0.2) is 0 Å². The van der Waals surface area contributed by atoms with Crippen molar-refractivity contribution in [2.24, 2.45) is 17.8 Å². The zero-order chi connectivity index (χ0) is 22.7. The molecule has 0 radical (unpaired) electrons. The van der Waals surface area contributed by atoms with Crippen LogP contribution in [0.3, 0.4) is 0 Å². The number of methoxy groups -OCH3 is 2. The average Bonchev–Trinajstić information content (AvgIpc) is 3.20. The van der Waals surface area contributed by atoms with E-state index in [1.165, 1.54) is 14.2 Å². The minimum absolute atomic E-state index is 0.0483. The zero-order valence-electron chi connectivity index (χ0n) is 18.2. The Kier molecular flexibility index (Phi) is 5.04. The van der Waals surface area contributed by atoms with Gasteiger partial charge in [-0.25, -0.2) is 0 Å². The van der Waals surface area contributed by atoms with Gasteiger partial charge in [0.05, 0.1) is 38.0 Å². The van der Waals surface area contributed by atoms with Crippen LogP contribution in [0.5, 0.6) is 5.75 Å². The van der Waals surface area contributed by atoms with Crippen molar-refractivity contribution < 1.29 is 28.7 Å².